The van der Waals surface area contributed by atoms with Gasteiger partial charge in [-0.3, -0.25) is 0 Å². The summed E-state index contributed by atoms with van der Waals surface area (Å²) in [5.74, 6) is 0. The molecule has 1 rings (SSSR count). The smallest absolute Gasteiger partial charge is 0.128 e. The van der Waals surface area contributed by atoms with E-state index < -0.39 is 29.0 Å². The lowest BCUT2D eigenvalue weighted by Crippen LogP contribution is -2.53. The van der Waals surface area contributed by atoms with E-state index >= 15 is 0 Å². The van der Waals surface area contributed by atoms with E-state index in [4.69, 9.17) is 20.4 Å². The number of aliphatic hydroxyl groups excluding tert-OH is 5. The lowest BCUT2D eigenvalue weighted by atomic mass is 10.0. The van der Waals surface area contributed by atoms with E-state index in [2.05, 4.69) is 0 Å². The highest BCUT2D eigenvalue weighted by Crippen LogP contribution is 2.30. The molecule has 72 valence electrons. The average Bonchev–Trinajstić information content (AvgIpc) is 2.08. The molecule has 0 radical (unpaired) electrons. The highest BCUT2D eigenvalue weighted by molar-refractivity contribution is 8.00. The molecular formula is C6H12O5S. The molecule has 5 atom stereocenters. The van der Waals surface area contributed by atoms with E-state index in [1.165, 1.54) is 0 Å². The first-order valence-corrected chi connectivity index (χ1v) is 4.50. The monoisotopic (exact) mass is 196 g/mol. The Morgan fingerprint density at radius 3 is 2.00 bits per heavy atom. The molecule has 5 N–H and O–H groups in total. The summed E-state index contributed by atoms with van der Waals surface area (Å²) >= 11 is 0.852. The van der Waals surface area contributed by atoms with Crippen LogP contribution in [-0.2, 0) is 0 Å². The molecule has 12 heavy (non-hydrogen) atoms. The Morgan fingerprint density at radius 1 is 0.917 bits per heavy atom. The third-order valence-corrected chi connectivity index (χ3v) is 3.20. The second-order valence-electron chi connectivity index (χ2n) is 2.72. The van der Waals surface area contributed by atoms with Crippen LogP contribution in [0.4, 0.5) is 0 Å². The van der Waals surface area contributed by atoms with E-state index in [-0.39, 0.29) is 6.61 Å². The molecule has 0 spiro atoms. The first-order chi connectivity index (χ1) is 5.57. The first-order valence-electron chi connectivity index (χ1n) is 3.56. The molecule has 1 fully saturated rings. The van der Waals surface area contributed by atoms with E-state index in [0.29, 0.717) is 0 Å². The highest BCUT2D eigenvalue weighted by Gasteiger charge is 2.42. The zero-order chi connectivity index (χ0) is 9.30. The van der Waals surface area contributed by atoms with Crippen LogP contribution in [0.15, 0.2) is 0 Å². The molecular weight excluding hydrogens is 184 g/mol. The zero-order valence-corrected chi connectivity index (χ0v) is 7.05. The van der Waals surface area contributed by atoms with Crippen molar-refractivity contribution in [2.45, 2.75) is 29.0 Å². The summed E-state index contributed by atoms with van der Waals surface area (Å²) in [4.78, 5) is 0. The minimum absolute atomic E-state index is 0.341. The number of thioether (sulfide) groups is 1. The van der Waals surface area contributed by atoms with Gasteiger partial charge in [-0.15, -0.1) is 11.8 Å². The maximum absolute atomic E-state index is 9.22. The molecule has 0 bridgehead atoms. The summed E-state index contributed by atoms with van der Waals surface area (Å²) in [5.41, 5.74) is -1.15. The second-order valence-corrected chi connectivity index (χ2v) is 4.08. The maximum Gasteiger partial charge on any atom is 0.128 e. The van der Waals surface area contributed by atoms with Gasteiger partial charge in [-0.05, 0) is 0 Å². The van der Waals surface area contributed by atoms with Gasteiger partial charge in [0.05, 0.1) is 18.0 Å². The Hall–Kier alpha value is 0.150. The summed E-state index contributed by atoms with van der Waals surface area (Å²) in [6.07, 6.45) is -3.94. The lowest BCUT2D eigenvalue weighted by molar-refractivity contribution is -0.0953. The van der Waals surface area contributed by atoms with Crippen LogP contribution in [0.1, 0.15) is 0 Å². The molecule has 1 saturated heterocycles. The van der Waals surface area contributed by atoms with Gasteiger partial charge in [0.2, 0.25) is 0 Å². The summed E-state index contributed by atoms with van der Waals surface area (Å²) in [7, 11) is 0. The quantitative estimate of drug-likeness (QED) is 0.318. The van der Waals surface area contributed by atoms with E-state index in [1.807, 2.05) is 0 Å². The van der Waals surface area contributed by atoms with Crippen LogP contribution >= 0.6 is 11.8 Å². The van der Waals surface area contributed by atoms with Gasteiger partial charge < -0.3 is 25.5 Å². The third-order valence-electron chi connectivity index (χ3n) is 1.87. The van der Waals surface area contributed by atoms with Gasteiger partial charge >= 0.3 is 0 Å². The summed E-state index contributed by atoms with van der Waals surface area (Å²) in [6, 6.07) is 0. The summed E-state index contributed by atoms with van der Waals surface area (Å²) < 4.78 is 0. The Labute approximate surface area is 73.7 Å². The largest absolute Gasteiger partial charge is 0.395 e. The lowest BCUT2D eigenvalue weighted by Gasteiger charge is -2.36. The normalized spacial score (nSPS) is 49.2. The van der Waals surface area contributed by atoms with E-state index in [9.17, 15) is 5.11 Å². The van der Waals surface area contributed by atoms with Crippen molar-refractivity contribution in [2.24, 2.45) is 0 Å². The number of rotatable bonds is 1. The first kappa shape index (κ1) is 10.2. The van der Waals surface area contributed by atoms with Crippen LogP contribution in [-0.4, -0.2) is 61.1 Å². The average molecular weight is 196 g/mol. The Bertz CT molecular complexity index is 150. The van der Waals surface area contributed by atoms with Crippen molar-refractivity contribution in [3.05, 3.63) is 0 Å². The molecule has 0 aliphatic carbocycles. The topological polar surface area (TPSA) is 101 Å². The predicted octanol–water partition coefficient (Wildman–Crippen LogP) is -2.50. The van der Waals surface area contributed by atoms with Crippen molar-refractivity contribution < 1.29 is 25.5 Å². The standard InChI is InChI=1S/C6H12O5S/c7-1-2-3(8)4(9)5(10)6(11)12-2/h2-11H,1H2/t2-,3-,4-,5+,6-/m1/s1. The van der Waals surface area contributed by atoms with Crippen LogP contribution in [0.25, 0.3) is 0 Å². The fourth-order valence-electron chi connectivity index (χ4n) is 1.08. The molecule has 0 aromatic carbocycles. The Balaban J connectivity index is 2.63. The fraction of sp³-hybridized carbons (Fsp3) is 1.00. The van der Waals surface area contributed by atoms with Crippen LogP contribution in [0, 0.1) is 0 Å². The van der Waals surface area contributed by atoms with Crippen molar-refractivity contribution in [1.29, 1.82) is 0 Å². The molecule has 0 amide bonds. The molecule has 0 saturated carbocycles. The van der Waals surface area contributed by atoms with Gasteiger partial charge in [-0.1, -0.05) is 0 Å². The van der Waals surface area contributed by atoms with Gasteiger partial charge in [0.15, 0.2) is 0 Å². The molecule has 1 aliphatic heterocycles. The molecule has 1 aliphatic rings. The van der Waals surface area contributed by atoms with Crippen molar-refractivity contribution in [1.82, 2.24) is 0 Å². The number of hydrogen-bond acceptors (Lipinski definition) is 6. The third kappa shape index (κ3) is 1.73. The molecule has 0 unspecified atom stereocenters. The molecule has 1 heterocycles. The van der Waals surface area contributed by atoms with Crippen molar-refractivity contribution >= 4 is 11.8 Å². The van der Waals surface area contributed by atoms with Crippen LogP contribution < -0.4 is 0 Å². The number of hydrogen-bond donors (Lipinski definition) is 5. The van der Waals surface area contributed by atoms with Crippen LogP contribution in [0.2, 0.25) is 0 Å². The van der Waals surface area contributed by atoms with Crippen molar-refractivity contribution in [3.8, 4) is 0 Å². The van der Waals surface area contributed by atoms with Gasteiger partial charge in [-0.25, -0.2) is 0 Å². The predicted molar refractivity (Wildman–Crippen MR) is 42.5 cm³/mol. The Morgan fingerprint density at radius 2 is 1.50 bits per heavy atom. The minimum Gasteiger partial charge on any atom is -0.395 e. The SMILES string of the molecule is OC[C@H]1S[C@@H](O)[C@@H](O)[C@H](O)[C@@H]1O. The zero-order valence-electron chi connectivity index (χ0n) is 6.24. The molecule has 0 aromatic heterocycles. The molecule has 5 nitrogen and oxygen atoms in total. The van der Waals surface area contributed by atoms with Crippen LogP contribution in [0.5, 0.6) is 0 Å². The van der Waals surface area contributed by atoms with Crippen molar-refractivity contribution in [3.63, 3.8) is 0 Å². The van der Waals surface area contributed by atoms with Gasteiger partial charge in [-0.2, -0.15) is 0 Å². The van der Waals surface area contributed by atoms with E-state index in [1.54, 1.807) is 0 Å². The number of aliphatic hydroxyl groups is 5. The van der Waals surface area contributed by atoms with Gasteiger partial charge in [0, 0.05) is 0 Å². The maximum atomic E-state index is 9.22. The van der Waals surface area contributed by atoms with Gasteiger partial charge in [0.1, 0.15) is 17.6 Å². The van der Waals surface area contributed by atoms with E-state index in [0.717, 1.165) is 11.8 Å². The highest BCUT2D eigenvalue weighted by atomic mass is 32.2. The van der Waals surface area contributed by atoms with Crippen molar-refractivity contribution in [2.75, 3.05) is 6.61 Å². The molecule has 0 aromatic rings. The molecule has 6 heteroatoms. The van der Waals surface area contributed by atoms with Gasteiger partial charge in [0.25, 0.3) is 0 Å². The fourth-order valence-corrected chi connectivity index (χ4v) is 2.17. The second kappa shape index (κ2) is 3.91. The van der Waals surface area contributed by atoms with Crippen LogP contribution in [0.3, 0.4) is 0 Å². The summed E-state index contributed by atoms with van der Waals surface area (Å²) in [6.45, 7) is -0.341. The summed E-state index contributed by atoms with van der Waals surface area (Å²) in [5, 5.41) is 44.6. The minimum atomic E-state index is -1.39. The Kier molecular flexibility index (Phi) is 3.33.